The van der Waals surface area contributed by atoms with Gasteiger partial charge >= 0.3 is 0 Å². The Labute approximate surface area is 91.9 Å². The summed E-state index contributed by atoms with van der Waals surface area (Å²) in [6.07, 6.45) is 5.98. The summed E-state index contributed by atoms with van der Waals surface area (Å²) >= 11 is 0. The molecule has 0 aliphatic heterocycles. The van der Waals surface area contributed by atoms with Gasteiger partial charge in [0.05, 0.1) is 0 Å². The minimum atomic E-state index is 0.376. The highest BCUT2D eigenvalue weighted by molar-refractivity contribution is 5.12. The zero-order valence-electron chi connectivity index (χ0n) is 9.57. The Bertz CT molecular complexity index is 251. The van der Waals surface area contributed by atoms with E-state index in [2.05, 4.69) is 23.3 Å². The molecule has 0 unspecified atom stereocenters. The second kappa shape index (κ2) is 7.37. The summed E-state index contributed by atoms with van der Waals surface area (Å²) in [6, 6.07) is 4.44. The molecule has 1 aromatic heterocycles. The standard InChI is InChI=1S/C12H20N2O/c1-11(12-6-5-7-13-10-12)14-8-3-4-9-15-2/h5-7,10-11,14H,3-4,8-9H2,1-2H3/t11-/m1/s1. The van der Waals surface area contributed by atoms with Crippen LogP contribution in [-0.2, 0) is 4.74 Å². The zero-order chi connectivity index (χ0) is 10.9. The largest absolute Gasteiger partial charge is 0.385 e. The molecule has 1 aromatic rings. The Morgan fingerprint density at radius 2 is 2.33 bits per heavy atom. The molecule has 0 spiro atoms. The molecule has 1 heterocycles. The maximum atomic E-state index is 5.00. The fourth-order valence-electron chi connectivity index (χ4n) is 1.44. The van der Waals surface area contributed by atoms with Crippen LogP contribution in [0.3, 0.4) is 0 Å². The molecule has 0 aliphatic carbocycles. The number of methoxy groups -OCH3 is 1. The molecule has 1 N–H and O–H groups in total. The molecule has 0 amide bonds. The lowest BCUT2D eigenvalue weighted by Gasteiger charge is -2.13. The van der Waals surface area contributed by atoms with Gasteiger partial charge in [0.25, 0.3) is 0 Å². The fraction of sp³-hybridized carbons (Fsp3) is 0.583. The Kier molecular flexibility index (Phi) is 5.97. The van der Waals surface area contributed by atoms with Gasteiger partial charge in [-0.3, -0.25) is 4.98 Å². The molecular weight excluding hydrogens is 188 g/mol. The van der Waals surface area contributed by atoms with Crippen molar-refractivity contribution in [3.8, 4) is 0 Å². The SMILES string of the molecule is COCCCCN[C@H](C)c1cccnc1. The van der Waals surface area contributed by atoms with Gasteiger partial charge < -0.3 is 10.1 Å². The van der Waals surface area contributed by atoms with Crippen LogP contribution in [-0.4, -0.2) is 25.2 Å². The van der Waals surface area contributed by atoms with Crippen LogP contribution in [0.1, 0.15) is 31.4 Å². The molecule has 0 bridgehead atoms. The normalized spacial score (nSPS) is 12.7. The van der Waals surface area contributed by atoms with Gasteiger partial charge in [0.1, 0.15) is 0 Å². The van der Waals surface area contributed by atoms with Gasteiger partial charge in [0.15, 0.2) is 0 Å². The van der Waals surface area contributed by atoms with Crippen LogP contribution < -0.4 is 5.32 Å². The summed E-state index contributed by atoms with van der Waals surface area (Å²) in [4.78, 5) is 4.10. The van der Waals surface area contributed by atoms with Crippen LogP contribution in [0.2, 0.25) is 0 Å². The highest BCUT2D eigenvalue weighted by atomic mass is 16.5. The number of aromatic nitrogens is 1. The van der Waals surface area contributed by atoms with E-state index in [1.807, 2.05) is 12.3 Å². The van der Waals surface area contributed by atoms with Gasteiger partial charge in [-0.15, -0.1) is 0 Å². The Morgan fingerprint density at radius 3 is 3.00 bits per heavy atom. The smallest absolute Gasteiger partial charge is 0.0462 e. The first-order chi connectivity index (χ1) is 7.34. The van der Waals surface area contributed by atoms with Gasteiger partial charge in [-0.1, -0.05) is 6.07 Å². The maximum Gasteiger partial charge on any atom is 0.0462 e. The maximum absolute atomic E-state index is 5.00. The van der Waals surface area contributed by atoms with E-state index in [0.717, 1.165) is 26.0 Å². The molecule has 3 heteroatoms. The van der Waals surface area contributed by atoms with E-state index < -0.39 is 0 Å². The summed E-state index contributed by atoms with van der Waals surface area (Å²) in [5, 5.41) is 3.46. The van der Waals surface area contributed by atoms with Crippen molar-refractivity contribution < 1.29 is 4.74 Å². The number of ether oxygens (including phenoxy) is 1. The highest BCUT2D eigenvalue weighted by Crippen LogP contribution is 2.09. The van der Waals surface area contributed by atoms with Crippen molar-refractivity contribution in [2.24, 2.45) is 0 Å². The van der Waals surface area contributed by atoms with Crippen molar-refractivity contribution in [2.75, 3.05) is 20.3 Å². The van der Waals surface area contributed by atoms with E-state index >= 15 is 0 Å². The van der Waals surface area contributed by atoms with Crippen LogP contribution in [0.4, 0.5) is 0 Å². The number of rotatable bonds is 7. The van der Waals surface area contributed by atoms with Crippen LogP contribution in [0.15, 0.2) is 24.5 Å². The van der Waals surface area contributed by atoms with Crippen LogP contribution in [0.25, 0.3) is 0 Å². The lowest BCUT2D eigenvalue weighted by molar-refractivity contribution is 0.192. The fourth-order valence-corrected chi connectivity index (χ4v) is 1.44. The van der Waals surface area contributed by atoms with Crippen LogP contribution in [0, 0.1) is 0 Å². The molecule has 0 radical (unpaired) electrons. The van der Waals surface area contributed by atoms with Crippen LogP contribution in [0.5, 0.6) is 0 Å². The van der Waals surface area contributed by atoms with Crippen molar-refractivity contribution in [1.29, 1.82) is 0 Å². The Morgan fingerprint density at radius 1 is 1.47 bits per heavy atom. The van der Waals surface area contributed by atoms with Gasteiger partial charge in [0.2, 0.25) is 0 Å². The third-order valence-corrected chi connectivity index (χ3v) is 2.41. The number of hydrogen-bond donors (Lipinski definition) is 1. The van der Waals surface area contributed by atoms with Crippen molar-refractivity contribution >= 4 is 0 Å². The molecule has 1 rings (SSSR count). The average Bonchev–Trinajstić information content (AvgIpc) is 2.30. The van der Waals surface area contributed by atoms with Gasteiger partial charge in [-0.25, -0.2) is 0 Å². The summed E-state index contributed by atoms with van der Waals surface area (Å²) in [5.41, 5.74) is 1.24. The summed E-state index contributed by atoms with van der Waals surface area (Å²) in [6.45, 7) is 4.04. The third kappa shape index (κ3) is 4.91. The van der Waals surface area contributed by atoms with E-state index in [1.54, 1.807) is 13.3 Å². The summed E-state index contributed by atoms with van der Waals surface area (Å²) < 4.78 is 5.00. The molecule has 1 atom stereocenters. The molecule has 0 fully saturated rings. The topological polar surface area (TPSA) is 34.1 Å². The quantitative estimate of drug-likeness (QED) is 0.697. The second-order valence-corrected chi connectivity index (χ2v) is 3.66. The number of hydrogen-bond acceptors (Lipinski definition) is 3. The second-order valence-electron chi connectivity index (χ2n) is 3.66. The van der Waals surface area contributed by atoms with Crippen molar-refractivity contribution in [1.82, 2.24) is 10.3 Å². The van der Waals surface area contributed by atoms with Crippen molar-refractivity contribution in [3.05, 3.63) is 30.1 Å². The van der Waals surface area contributed by atoms with Crippen LogP contribution >= 0.6 is 0 Å². The van der Waals surface area contributed by atoms with E-state index in [-0.39, 0.29) is 0 Å². The number of nitrogens with zero attached hydrogens (tertiary/aromatic N) is 1. The molecule has 3 nitrogen and oxygen atoms in total. The molecule has 15 heavy (non-hydrogen) atoms. The molecule has 84 valence electrons. The van der Waals surface area contributed by atoms with Crippen molar-refractivity contribution in [3.63, 3.8) is 0 Å². The Hall–Kier alpha value is -0.930. The number of pyridine rings is 1. The molecule has 0 saturated carbocycles. The van der Waals surface area contributed by atoms with E-state index in [0.29, 0.717) is 6.04 Å². The first-order valence-electron chi connectivity index (χ1n) is 5.47. The minimum absolute atomic E-state index is 0.376. The molecular formula is C12H20N2O. The zero-order valence-corrected chi connectivity index (χ0v) is 9.57. The van der Waals surface area contributed by atoms with Crippen molar-refractivity contribution in [2.45, 2.75) is 25.8 Å². The third-order valence-electron chi connectivity index (χ3n) is 2.41. The molecule has 0 aliphatic rings. The summed E-state index contributed by atoms with van der Waals surface area (Å²) in [5.74, 6) is 0. The van der Waals surface area contributed by atoms with E-state index in [1.165, 1.54) is 5.56 Å². The van der Waals surface area contributed by atoms with Gasteiger partial charge in [0, 0.05) is 32.2 Å². The first kappa shape index (κ1) is 12.1. The van der Waals surface area contributed by atoms with Gasteiger partial charge in [-0.2, -0.15) is 0 Å². The molecule has 0 saturated heterocycles. The van der Waals surface area contributed by atoms with E-state index in [9.17, 15) is 0 Å². The highest BCUT2D eigenvalue weighted by Gasteiger charge is 2.02. The summed E-state index contributed by atoms with van der Waals surface area (Å²) in [7, 11) is 1.74. The van der Waals surface area contributed by atoms with E-state index in [4.69, 9.17) is 4.74 Å². The Balaban J connectivity index is 2.16. The number of unbranched alkanes of at least 4 members (excludes halogenated alkanes) is 1. The first-order valence-corrected chi connectivity index (χ1v) is 5.47. The lowest BCUT2D eigenvalue weighted by Crippen LogP contribution is -2.20. The predicted octanol–water partition coefficient (Wildman–Crippen LogP) is 2.16. The predicted molar refractivity (Wildman–Crippen MR) is 61.8 cm³/mol. The van der Waals surface area contributed by atoms with Gasteiger partial charge in [-0.05, 0) is 37.9 Å². The average molecular weight is 208 g/mol. The molecule has 0 aromatic carbocycles. The number of nitrogens with one attached hydrogen (secondary N) is 1. The minimum Gasteiger partial charge on any atom is -0.385 e. The lowest BCUT2D eigenvalue weighted by atomic mass is 10.1. The monoisotopic (exact) mass is 208 g/mol.